The Balaban J connectivity index is 1.68. The van der Waals surface area contributed by atoms with Crippen LogP contribution in [0.5, 0.6) is 5.75 Å². The van der Waals surface area contributed by atoms with Crippen LogP contribution in [-0.4, -0.2) is 15.3 Å². The predicted octanol–water partition coefficient (Wildman–Crippen LogP) is 5.77. The van der Waals surface area contributed by atoms with Gasteiger partial charge in [0.2, 0.25) is 0 Å². The van der Waals surface area contributed by atoms with Crippen molar-refractivity contribution in [2.45, 2.75) is 44.4 Å². The van der Waals surface area contributed by atoms with Crippen LogP contribution < -0.4 is 5.32 Å². The third kappa shape index (κ3) is 3.87. The highest BCUT2D eigenvalue weighted by atomic mass is 32.2. The Bertz CT molecular complexity index is 974. The zero-order valence-corrected chi connectivity index (χ0v) is 17.5. The highest BCUT2D eigenvalue weighted by Crippen LogP contribution is 2.44. The topological polar surface area (TPSA) is 49.3 Å². The van der Waals surface area contributed by atoms with Crippen molar-refractivity contribution in [2.24, 2.45) is 0 Å². The quantitative estimate of drug-likeness (QED) is 0.499. The van der Waals surface area contributed by atoms with E-state index >= 15 is 0 Å². The van der Waals surface area contributed by atoms with Crippen LogP contribution in [0.1, 0.15) is 50.2 Å². The molecule has 1 aliphatic carbocycles. The van der Waals surface area contributed by atoms with Crippen LogP contribution in [0.25, 0.3) is 17.2 Å². The van der Waals surface area contributed by atoms with Crippen molar-refractivity contribution in [3.05, 3.63) is 58.5 Å². The number of carbonyl (C=O) groups is 1. The van der Waals surface area contributed by atoms with Crippen LogP contribution in [0.2, 0.25) is 0 Å². The zero-order valence-electron chi connectivity index (χ0n) is 15.8. The van der Waals surface area contributed by atoms with Gasteiger partial charge in [-0.2, -0.15) is 0 Å². The first-order valence-electron chi connectivity index (χ1n) is 9.63. The fourth-order valence-corrected chi connectivity index (χ4v) is 5.23. The maximum Gasteiger partial charge on any atom is 0.263 e. The molecule has 3 nitrogen and oxygen atoms in total. The molecule has 5 heteroatoms. The highest BCUT2D eigenvalue weighted by Gasteiger charge is 2.31. The molecule has 2 N–H and O–H groups in total. The summed E-state index contributed by atoms with van der Waals surface area (Å²) < 4.78 is 0.497. The number of hydrogen-bond acceptors (Lipinski definition) is 4. The number of amides is 1. The number of rotatable bonds is 3. The first-order valence-corrected chi connectivity index (χ1v) is 10.9. The summed E-state index contributed by atoms with van der Waals surface area (Å²) in [6.07, 6.45) is 7.80. The van der Waals surface area contributed by atoms with Crippen molar-refractivity contribution in [2.75, 3.05) is 0 Å². The molecule has 2 aliphatic rings. The summed E-state index contributed by atoms with van der Waals surface area (Å²) in [6, 6.07) is 14.0. The molecule has 0 bridgehead atoms. The molecule has 0 radical (unpaired) electrons. The first kappa shape index (κ1) is 19.2. The summed E-state index contributed by atoms with van der Waals surface area (Å²) in [5.74, 6) is 0.247. The average molecular weight is 410 g/mol. The fourth-order valence-electron chi connectivity index (χ4n) is 4.18. The largest absolute Gasteiger partial charge is 0.508 e. The SMILES string of the molecule is CC1(c2cc(-c3cccc(/C=C4/SC(=S)NC4=O)c3)ccc2O)CCCCC1. The molecule has 0 aromatic heterocycles. The van der Waals surface area contributed by atoms with Gasteiger partial charge in [-0.3, -0.25) is 4.79 Å². The number of thiocarbonyl (C=S) groups is 1. The second-order valence-electron chi connectivity index (χ2n) is 7.83. The van der Waals surface area contributed by atoms with Gasteiger partial charge in [-0.1, -0.05) is 74.4 Å². The van der Waals surface area contributed by atoms with Gasteiger partial charge in [-0.25, -0.2) is 0 Å². The van der Waals surface area contributed by atoms with Crippen LogP contribution >= 0.6 is 24.0 Å². The predicted molar refractivity (Wildman–Crippen MR) is 120 cm³/mol. The molecule has 2 aromatic carbocycles. The van der Waals surface area contributed by atoms with Crippen molar-refractivity contribution in [3.8, 4) is 16.9 Å². The molecule has 1 saturated heterocycles. The zero-order chi connectivity index (χ0) is 19.7. The van der Waals surface area contributed by atoms with E-state index in [0.717, 1.165) is 35.1 Å². The van der Waals surface area contributed by atoms with Gasteiger partial charge < -0.3 is 10.4 Å². The maximum atomic E-state index is 11.9. The summed E-state index contributed by atoms with van der Waals surface area (Å²) in [5, 5.41) is 13.2. The van der Waals surface area contributed by atoms with Gasteiger partial charge >= 0.3 is 0 Å². The summed E-state index contributed by atoms with van der Waals surface area (Å²) in [7, 11) is 0. The fraction of sp³-hybridized carbons (Fsp3) is 0.304. The van der Waals surface area contributed by atoms with Crippen LogP contribution in [0, 0.1) is 0 Å². The molecule has 0 atom stereocenters. The van der Waals surface area contributed by atoms with Gasteiger partial charge in [0.15, 0.2) is 0 Å². The second-order valence-corrected chi connectivity index (χ2v) is 9.55. The number of nitrogens with one attached hydrogen (secondary N) is 1. The molecule has 144 valence electrons. The Morgan fingerprint density at radius 2 is 1.86 bits per heavy atom. The molecular weight excluding hydrogens is 386 g/mol. The molecule has 2 fully saturated rings. The lowest BCUT2D eigenvalue weighted by Gasteiger charge is -2.34. The number of aromatic hydroxyl groups is 1. The molecule has 1 amide bonds. The van der Waals surface area contributed by atoms with Gasteiger partial charge in [0, 0.05) is 5.56 Å². The molecular formula is C23H23NO2S2. The maximum absolute atomic E-state index is 11.9. The van der Waals surface area contributed by atoms with Gasteiger partial charge in [0.25, 0.3) is 5.91 Å². The Morgan fingerprint density at radius 1 is 1.11 bits per heavy atom. The molecule has 2 aromatic rings. The minimum atomic E-state index is -0.141. The van der Waals surface area contributed by atoms with E-state index in [2.05, 4.69) is 30.4 Å². The lowest BCUT2D eigenvalue weighted by molar-refractivity contribution is -0.115. The minimum Gasteiger partial charge on any atom is -0.508 e. The third-order valence-electron chi connectivity index (χ3n) is 5.76. The van der Waals surface area contributed by atoms with Crippen molar-refractivity contribution in [1.82, 2.24) is 5.32 Å². The van der Waals surface area contributed by atoms with Crippen LogP contribution in [0.4, 0.5) is 0 Å². The van der Waals surface area contributed by atoms with Crippen molar-refractivity contribution < 1.29 is 9.90 Å². The van der Waals surface area contributed by atoms with E-state index < -0.39 is 0 Å². The van der Waals surface area contributed by atoms with Gasteiger partial charge in [0.1, 0.15) is 10.1 Å². The van der Waals surface area contributed by atoms with Gasteiger partial charge in [-0.05, 0) is 59.2 Å². The standard InChI is InChI=1S/C23H23NO2S2/c1-23(10-3-2-4-11-23)18-14-17(8-9-19(18)25)16-7-5-6-15(12-16)13-20-21(26)24-22(27)28-20/h5-9,12-14,25H,2-4,10-11H2,1H3,(H,24,26,27)/b20-13+. The van der Waals surface area contributed by atoms with Crippen LogP contribution in [0.3, 0.4) is 0 Å². The normalized spacial score (nSPS) is 20.4. The van der Waals surface area contributed by atoms with Crippen molar-refractivity contribution >= 4 is 40.3 Å². The Hall–Kier alpha value is -2.11. The van der Waals surface area contributed by atoms with E-state index in [1.54, 1.807) is 0 Å². The van der Waals surface area contributed by atoms with E-state index in [0.29, 0.717) is 15.0 Å². The minimum absolute atomic E-state index is 0.0339. The average Bonchev–Trinajstić information content (AvgIpc) is 2.99. The smallest absolute Gasteiger partial charge is 0.263 e. The summed E-state index contributed by atoms with van der Waals surface area (Å²) in [4.78, 5) is 12.5. The molecule has 1 aliphatic heterocycles. The van der Waals surface area contributed by atoms with Gasteiger partial charge in [-0.15, -0.1) is 0 Å². The van der Waals surface area contributed by atoms with E-state index in [1.807, 2.05) is 30.3 Å². The van der Waals surface area contributed by atoms with Crippen LogP contribution in [-0.2, 0) is 10.2 Å². The molecule has 1 heterocycles. The van der Waals surface area contributed by atoms with Gasteiger partial charge in [0.05, 0.1) is 4.91 Å². The monoisotopic (exact) mass is 409 g/mol. The number of hydrogen-bond donors (Lipinski definition) is 2. The lowest BCUT2D eigenvalue weighted by atomic mass is 9.70. The van der Waals surface area contributed by atoms with Crippen LogP contribution in [0.15, 0.2) is 47.4 Å². The Labute approximate surface area is 175 Å². The highest BCUT2D eigenvalue weighted by molar-refractivity contribution is 8.26. The molecule has 28 heavy (non-hydrogen) atoms. The number of phenols is 1. The lowest BCUT2D eigenvalue weighted by Crippen LogP contribution is -2.25. The van der Waals surface area contributed by atoms with Crippen molar-refractivity contribution in [3.63, 3.8) is 0 Å². The number of phenolic OH excluding ortho intramolecular Hbond substituents is 1. The second kappa shape index (κ2) is 7.72. The number of benzene rings is 2. The van der Waals surface area contributed by atoms with E-state index in [9.17, 15) is 9.90 Å². The summed E-state index contributed by atoms with van der Waals surface area (Å²) in [6.45, 7) is 2.27. The van der Waals surface area contributed by atoms with E-state index in [-0.39, 0.29) is 11.3 Å². The number of carbonyl (C=O) groups excluding carboxylic acids is 1. The molecule has 4 rings (SSSR count). The molecule has 0 spiro atoms. The number of thioether (sulfide) groups is 1. The molecule has 1 saturated carbocycles. The Kier molecular flexibility index (Phi) is 5.30. The molecule has 0 unspecified atom stereocenters. The Morgan fingerprint density at radius 3 is 2.57 bits per heavy atom. The summed E-state index contributed by atoms with van der Waals surface area (Å²) >= 11 is 6.35. The first-order chi connectivity index (χ1) is 13.4. The van der Waals surface area contributed by atoms with Crippen molar-refractivity contribution in [1.29, 1.82) is 0 Å². The van der Waals surface area contributed by atoms with E-state index in [4.69, 9.17) is 12.2 Å². The third-order valence-corrected chi connectivity index (χ3v) is 6.93. The van der Waals surface area contributed by atoms with E-state index in [1.165, 1.54) is 31.0 Å². The summed E-state index contributed by atoms with van der Waals surface area (Å²) in [5.41, 5.74) is 4.19.